The molecule has 104 valence electrons. The third-order valence-corrected chi connectivity index (χ3v) is 3.84. The molecule has 2 heterocycles. The average molecular weight is 273 g/mol. The van der Waals surface area contributed by atoms with Crippen molar-refractivity contribution in [1.29, 1.82) is 0 Å². The zero-order chi connectivity index (χ0) is 14.1. The van der Waals surface area contributed by atoms with Gasteiger partial charge in [-0.3, -0.25) is 4.79 Å². The van der Waals surface area contributed by atoms with Crippen LogP contribution in [-0.2, 0) is 4.79 Å². The van der Waals surface area contributed by atoms with Gasteiger partial charge in [-0.1, -0.05) is 18.2 Å². The van der Waals surface area contributed by atoms with E-state index in [9.17, 15) is 14.8 Å². The molecule has 5 nitrogen and oxygen atoms in total. The summed E-state index contributed by atoms with van der Waals surface area (Å²) in [6, 6.07) is 7.58. The summed E-state index contributed by atoms with van der Waals surface area (Å²) in [5, 5.41) is 18.3. The summed E-state index contributed by atoms with van der Waals surface area (Å²) in [4.78, 5) is 14.1. The molecule has 6 heteroatoms. The topological polar surface area (TPSA) is 70.0 Å². The van der Waals surface area contributed by atoms with Gasteiger partial charge in [0.15, 0.2) is 0 Å². The Morgan fingerprint density at radius 3 is 2.90 bits per heavy atom. The maximum absolute atomic E-state index is 12.4. The third-order valence-electron chi connectivity index (χ3n) is 3.84. The van der Waals surface area contributed by atoms with E-state index < -0.39 is 7.12 Å². The molecule has 0 radical (unpaired) electrons. The van der Waals surface area contributed by atoms with Gasteiger partial charge in [-0.05, 0) is 18.6 Å². The molecular weight excluding hydrogens is 257 g/mol. The molecule has 20 heavy (non-hydrogen) atoms. The molecule has 1 saturated heterocycles. The molecule has 3 rings (SSSR count). The molecule has 2 aliphatic rings. The maximum Gasteiger partial charge on any atom is 0.456 e. The van der Waals surface area contributed by atoms with Crippen molar-refractivity contribution < 1.29 is 19.6 Å². The highest BCUT2D eigenvalue weighted by Gasteiger charge is 2.34. The lowest BCUT2D eigenvalue weighted by atomic mass is 9.72. The Hall–Kier alpha value is -1.79. The molecule has 0 bridgehead atoms. The number of para-hydroxylation sites is 1. The van der Waals surface area contributed by atoms with Gasteiger partial charge in [0.2, 0.25) is 0 Å². The molecule has 1 unspecified atom stereocenters. The van der Waals surface area contributed by atoms with Gasteiger partial charge >= 0.3 is 7.12 Å². The smallest absolute Gasteiger partial charge is 0.456 e. The summed E-state index contributed by atoms with van der Waals surface area (Å²) in [7, 11) is -1.36. The largest absolute Gasteiger partial charge is 0.488 e. The van der Waals surface area contributed by atoms with Crippen molar-refractivity contribution in [3.05, 3.63) is 35.4 Å². The number of hydrogen-bond donors (Lipinski definition) is 2. The van der Waals surface area contributed by atoms with Crippen molar-refractivity contribution in [2.24, 2.45) is 0 Å². The van der Waals surface area contributed by atoms with Gasteiger partial charge in [0.25, 0.3) is 5.91 Å². The van der Waals surface area contributed by atoms with Crippen molar-refractivity contribution in [2.75, 3.05) is 19.7 Å². The number of nitrogens with zero attached hydrogens (tertiary/aromatic N) is 1. The summed E-state index contributed by atoms with van der Waals surface area (Å²) >= 11 is 0. The molecule has 2 N–H and O–H groups in total. The lowest BCUT2D eigenvalue weighted by Gasteiger charge is -2.22. The van der Waals surface area contributed by atoms with E-state index in [4.69, 9.17) is 4.74 Å². The molecule has 0 aromatic heterocycles. The first-order valence-electron chi connectivity index (χ1n) is 6.73. The zero-order valence-corrected chi connectivity index (χ0v) is 11.0. The normalized spacial score (nSPS) is 21.0. The average Bonchev–Trinajstić information content (AvgIpc) is 2.96. The molecule has 1 amide bonds. The van der Waals surface area contributed by atoms with Gasteiger partial charge in [0, 0.05) is 24.5 Å². The molecule has 0 aliphatic carbocycles. The maximum atomic E-state index is 12.4. The fraction of sp³-hybridized carbons (Fsp3) is 0.357. The number of benzene rings is 1. The second-order valence-corrected chi connectivity index (χ2v) is 5.21. The van der Waals surface area contributed by atoms with E-state index in [-0.39, 0.29) is 18.3 Å². The second-order valence-electron chi connectivity index (χ2n) is 5.21. The van der Waals surface area contributed by atoms with E-state index in [1.54, 1.807) is 4.90 Å². The minimum Gasteiger partial charge on any atom is -0.488 e. The van der Waals surface area contributed by atoms with Crippen molar-refractivity contribution in [1.82, 2.24) is 4.90 Å². The number of carbonyl (C=O) groups is 1. The second kappa shape index (κ2) is 5.30. The number of carbonyl (C=O) groups excluding carboxylic acids is 1. The van der Waals surface area contributed by atoms with Crippen LogP contribution in [0.4, 0.5) is 0 Å². The standard InChI is InChI=1S/C14H16BNO4/c17-14(16-6-5-12(8-16)15(18)19)11-7-10-3-1-2-4-13(10)20-9-11/h1-4,7,12,18-19H,5-6,8-9H2. The molecule has 0 spiro atoms. The van der Waals surface area contributed by atoms with Crippen molar-refractivity contribution in [2.45, 2.75) is 12.2 Å². The van der Waals surface area contributed by atoms with Crippen molar-refractivity contribution in [3.8, 4) is 5.75 Å². The summed E-state index contributed by atoms with van der Waals surface area (Å²) in [6.45, 7) is 1.20. The zero-order valence-electron chi connectivity index (χ0n) is 11.0. The number of ether oxygens (including phenoxy) is 1. The van der Waals surface area contributed by atoms with Gasteiger partial charge < -0.3 is 19.7 Å². The lowest BCUT2D eigenvalue weighted by molar-refractivity contribution is -0.126. The molecule has 1 aromatic carbocycles. The lowest BCUT2D eigenvalue weighted by Crippen LogP contribution is -2.33. The minimum atomic E-state index is -1.36. The summed E-state index contributed by atoms with van der Waals surface area (Å²) < 4.78 is 5.58. The van der Waals surface area contributed by atoms with Crippen LogP contribution in [0.3, 0.4) is 0 Å². The number of amides is 1. The molecule has 1 atom stereocenters. The van der Waals surface area contributed by atoms with E-state index >= 15 is 0 Å². The first-order valence-corrected chi connectivity index (χ1v) is 6.73. The van der Waals surface area contributed by atoms with E-state index in [0.717, 1.165) is 11.3 Å². The molecule has 1 fully saturated rings. The first kappa shape index (κ1) is 13.2. The van der Waals surface area contributed by atoms with Crippen LogP contribution in [0.25, 0.3) is 6.08 Å². The van der Waals surface area contributed by atoms with Crippen LogP contribution < -0.4 is 4.74 Å². The van der Waals surface area contributed by atoms with Crippen LogP contribution >= 0.6 is 0 Å². The molecule has 2 aliphatic heterocycles. The van der Waals surface area contributed by atoms with Crippen LogP contribution in [0.15, 0.2) is 29.8 Å². The SMILES string of the molecule is O=C(C1=Cc2ccccc2OC1)N1CCC(B(O)O)C1. The van der Waals surface area contributed by atoms with E-state index in [2.05, 4.69) is 0 Å². The Kier molecular flexibility index (Phi) is 3.50. The summed E-state index contributed by atoms with van der Waals surface area (Å²) in [6.07, 6.45) is 2.47. The van der Waals surface area contributed by atoms with Gasteiger partial charge in [0.1, 0.15) is 12.4 Å². The van der Waals surface area contributed by atoms with Gasteiger partial charge in [-0.2, -0.15) is 0 Å². The van der Waals surface area contributed by atoms with Crippen LogP contribution in [0.5, 0.6) is 5.75 Å². The highest BCUT2D eigenvalue weighted by Crippen LogP contribution is 2.29. The predicted octanol–water partition coefficient (Wildman–Crippen LogP) is 0.538. The minimum absolute atomic E-state index is 0.0809. The highest BCUT2D eigenvalue weighted by atomic mass is 16.5. The Bertz CT molecular complexity index is 558. The molecule has 0 saturated carbocycles. The van der Waals surface area contributed by atoms with E-state index in [1.165, 1.54) is 0 Å². The Balaban J connectivity index is 1.75. The van der Waals surface area contributed by atoms with E-state index in [1.807, 2.05) is 30.3 Å². The summed E-state index contributed by atoms with van der Waals surface area (Å²) in [5.74, 6) is 0.452. The quantitative estimate of drug-likeness (QED) is 0.771. The number of hydrogen-bond acceptors (Lipinski definition) is 4. The fourth-order valence-corrected chi connectivity index (χ4v) is 2.66. The number of fused-ring (bicyclic) bond motifs is 1. The van der Waals surface area contributed by atoms with Crippen molar-refractivity contribution >= 4 is 19.1 Å². The summed E-state index contributed by atoms with van der Waals surface area (Å²) in [5.41, 5.74) is 1.51. The Labute approximate surface area is 117 Å². The number of rotatable bonds is 2. The van der Waals surface area contributed by atoms with Crippen LogP contribution in [0.2, 0.25) is 5.82 Å². The van der Waals surface area contributed by atoms with Crippen molar-refractivity contribution in [3.63, 3.8) is 0 Å². The number of likely N-dealkylation sites (tertiary alicyclic amines) is 1. The fourth-order valence-electron chi connectivity index (χ4n) is 2.66. The Morgan fingerprint density at radius 2 is 2.15 bits per heavy atom. The third kappa shape index (κ3) is 2.44. The van der Waals surface area contributed by atoms with Crippen LogP contribution in [0, 0.1) is 0 Å². The predicted molar refractivity (Wildman–Crippen MR) is 75.1 cm³/mol. The highest BCUT2D eigenvalue weighted by molar-refractivity contribution is 6.43. The van der Waals surface area contributed by atoms with Gasteiger partial charge in [-0.25, -0.2) is 0 Å². The van der Waals surface area contributed by atoms with Crippen LogP contribution in [-0.4, -0.2) is 47.7 Å². The Morgan fingerprint density at radius 1 is 1.35 bits per heavy atom. The molecular formula is C14H16BNO4. The molecule has 1 aromatic rings. The van der Waals surface area contributed by atoms with Gasteiger partial charge in [-0.15, -0.1) is 0 Å². The van der Waals surface area contributed by atoms with Gasteiger partial charge in [0.05, 0.1) is 5.57 Å². The monoisotopic (exact) mass is 273 g/mol. The first-order chi connectivity index (χ1) is 9.65. The van der Waals surface area contributed by atoms with E-state index in [0.29, 0.717) is 25.1 Å². The van der Waals surface area contributed by atoms with Crippen LogP contribution in [0.1, 0.15) is 12.0 Å².